The van der Waals surface area contributed by atoms with E-state index in [0.717, 1.165) is 60.3 Å². The maximum Gasteiger partial charge on any atom is 0.0998 e. The van der Waals surface area contributed by atoms with Crippen LogP contribution in [0.1, 0.15) is 11.1 Å². The maximum atomic E-state index is 10.1. The molecular weight excluding hydrogens is 426 g/mol. The zero-order chi connectivity index (χ0) is 23.5. The van der Waals surface area contributed by atoms with Gasteiger partial charge in [0.2, 0.25) is 0 Å². The number of hydrogen-bond acceptors (Lipinski definition) is 2. The quantitative estimate of drug-likeness (QED) is 0.272. The molecule has 2 heterocycles. The van der Waals surface area contributed by atoms with E-state index in [1.54, 1.807) is 0 Å². The predicted octanol–water partition coefficient (Wildman–Crippen LogP) is 7.91. The van der Waals surface area contributed by atoms with Crippen molar-refractivity contribution in [3.8, 4) is 34.4 Å². The lowest BCUT2D eigenvalue weighted by Crippen LogP contribution is -1.93. The molecule has 0 unspecified atom stereocenters. The van der Waals surface area contributed by atoms with Crippen molar-refractivity contribution in [2.24, 2.45) is 0 Å². The number of hydrogen-bond donors (Lipinski definition) is 0. The summed E-state index contributed by atoms with van der Waals surface area (Å²) < 4.78 is 2.29. The van der Waals surface area contributed by atoms with Gasteiger partial charge in [-0.3, -0.25) is 0 Å². The topological polar surface area (TPSA) is 52.0 Å². The molecule has 7 aromatic rings. The molecule has 0 aliphatic carbocycles. The first-order valence-corrected chi connectivity index (χ1v) is 11.5. The number of nitriles is 2. The molecule has 0 saturated carbocycles. The molecule has 5 aromatic carbocycles. The largest absolute Gasteiger partial charge is 0.307 e. The summed E-state index contributed by atoms with van der Waals surface area (Å²) >= 11 is 0. The summed E-state index contributed by atoms with van der Waals surface area (Å²) in [5, 5.41) is 24.7. The van der Waals surface area contributed by atoms with Crippen molar-refractivity contribution in [2.45, 2.75) is 0 Å². The lowest BCUT2D eigenvalue weighted by molar-refractivity contribution is 1.36. The van der Waals surface area contributed by atoms with Gasteiger partial charge >= 0.3 is 0 Å². The Balaban J connectivity index is 1.83. The third-order valence-corrected chi connectivity index (χ3v) is 7.01. The summed E-state index contributed by atoms with van der Waals surface area (Å²) in [5.74, 6) is 0. The van der Waals surface area contributed by atoms with Crippen molar-refractivity contribution < 1.29 is 0 Å². The Labute approximate surface area is 201 Å². The van der Waals surface area contributed by atoms with Crippen LogP contribution in [0.4, 0.5) is 0 Å². The number of aromatic nitrogens is 1. The zero-order valence-corrected chi connectivity index (χ0v) is 18.7. The van der Waals surface area contributed by atoms with Crippen LogP contribution in [0.5, 0.6) is 0 Å². The lowest BCUT2D eigenvalue weighted by Gasteiger charge is -2.12. The highest BCUT2D eigenvalue weighted by Gasteiger charge is 2.24. The second kappa shape index (κ2) is 7.19. The summed E-state index contributed by atoms with van der Waals surface area (Å²) in [6.45, 7) is 0. The third kappa shape index (κ3) is 2.53. The molecule has 7 rings (SSSR count). The average molecular weight is 444 g/mol. The van der Waals surface area contributed by atoms with Crippen molar-refractivity contribution in [1.29, 1.82) is 10.5 Å². The second-order valence-electron chi connectivity index (χ2n) is 8.76. The Kier molecular flexibility index (Phi) is 3.98. The van der Waals surface area contributed by atoms with Crippen LogP contribution >= 0.6 is 0 Å². The third-order valence-electron chi connectivity index (χ3n) is 7.01. The summed E-state index contributed by atoms with van der Waals surface area (Å²) in [6, 6.07) is 39.4. The Hall–Kier alpha value is -5.12. The molecular formula is C32H17N3. The minimum Gasteiger partial charge on any atom is -0.307 e. The van der Waals surface area contributed by atoms with Gasteiger partial charge < -0.3 is 4.40 Å². The van der Waals surface area contributed by atoms with E-state index in [1.165, 1.54) is 0 Å². The van der Waals surface area contributed by atoms with Crippen LogP contribution in [0.15, 0.2) is 103 Å². The van der Waals surface area contributed by atoms with Gasteiger partial charge in [-0.15, -0.1) is 0 Å². The fourth-order valence-corrected chi connectivity index (χ4v) is 5.62. The van der Waals surface area contributed by atoms with Crippen LogP contribution in [0.3, 0.4) is 0 Å². The number of rotatable bonds is 2. The highest BCUT2D eigenvalue weighted by atomic mass is 14.9. The highest BCUT2D eigenvalue weighted by Crippen LogP contribution is 2.46. The molecule has 0 spiro atoms. The summed E-state index contributed by atoms with van der Waals surface area (Å²) in [5.41, 5.74) is 8.24. The predicted molar refractivity (Wildman–Crippen MR) is 141 cm³/mol. The Bertz CT molecular complexity index is 1860. The summed E-state index contributed by atoms with van der Waals surface area (Å²) in [6.07, 6.45) is 0. The fourth-order valence-electron chi connectivity index (χ4n) is 5.62. The van der Waals surface area contributed by atoms with Gasteiger partial charge in [0.05, 0.1) is 39.8 Å². The molecule has 0 amide bonds. The number of para-hydroxylation sites is 1. The Morgan fingerprint density at radius 3 is 1.29 bits per heavy atom. The van der Waals surface area contributed by atoms with Gasteiger partial charge in [0.15, 0.2) is 0 Å². The van der Waals surface area contributed by atoms with Crippen LogP contribution in [-0.2, 0) is 0 Å². The first kappa shape index (κ1) is 19.4. The van der Waals surface area contributed by atoms with E-state index in [0.29, 0.717) is 11.1 Å². The van der Waals surface area contributed by atoms with Crippen molar-refractivity contribution in [2.75, 3.05) is 0 Å². The Morgan fingerprint density at radius 2 is 0.857 bits per heavy atom. The van der Waals surface area contributed by atoms with Gasteiger partial charge in [-0.2, -0.15) is 10.5 Å². The molecule has 0 radical (unpaired) electrons. The smallest absolute Gasteiger partial charge is 0.0998 e. The molecule has 0 fully saturated rings. The van der Waals surface area contributed by atoms with E-state index in [9.17, 15) is 10.5 Å². The van der Waals surface area contributed by atoms with Gasteiger partial charge in [-0.25, -0.2) is 0 Å². The average Bonchev–Trinajstić information content (AvgIpc) is 3.44. The minimum atomic E-state index is 0.635. The normalized spacial score (nSPS) is 11.4. The van der Waals surface area contributed by atoms with Crippen molar-refractivity contribution in [1.82, 2.24) is 4.40 Å². The van der Waals surface area contributed by atoms with E-state index in [1.807, 2.05) is 48.5 Å². The van der Waals surface area contributed by atoms with Crippen molar-refractivity contribution in [3.05, 3.63) is 114 Å². The van der Waals surface area contributed by atoms with E-state index >= 15 is 0 Å². The first-order chi connectivity index (χ1) is 17.3. The van der Waals surface area contributed by atoms with Gasteiger partial charge in [-0.1, -0.05) is 91.0 Å². The van der Waals surface area contributed by atoms with E-state index in [-0.39, 0.29) is 0 Å². The monoisotopic (exact) mass is 443 g/mol. The van der Waals surface area contributed by atoms with Gasteiger partial charge in [0.1, 0.15) is 0 Å². The van der Waals surface area contributed by atoms with Gasteiger partial charge in [0, 0.05) is 32.7 Å². The maximum absolute atomic E-state index is 10.1. The summed E-state index contributed by atoms with van der Waals surface area (Å²) in [7, 11) is 0. The van der Waals surface area contributed by atoms with E-state index in [4.69, 9.17) is 0 Å². The fraction of sp³-hybridized carbons (Fsp3) is 0. The molecule has 0 atom stereocenters. The molecule has 0 N–H and O–H groups in total. The minimum absolute atomic E-state index is 0.635. The van der Waals surface area contributed by atoms with E-state index in [2.05, 4.69) is 71.1 Å². The Morgan fingerprint density at radius 1 is 0.429 bits per heavy atom. The van der Waals surface area contributed by atoms with Crippen LogP contribution < -0.4 is 0 Å². The standard InChI is InChI=1S/C32H17N3/c33-18-22-14-16-26-24-12-7-13-25-27-17-15-23(19-34)29(21-10-5-2-6-11-21)32(27)35(30(24)25)31(26)28(22)20-8-3-1-4-9-20/h1-17H. The SMILES string of the molecule is N#Cc1ccc2c3cccc4c5ccc(C#N)c(-c6ccccc6)c5n(c2c1-c1ccccc1)c34. The molecule has 35 heavy (non-hydrogen) atoms. The first-order valence-electron chi connectivity index (χ1n) is 11.5. The molecule has 3 heteroatoms. The van der Waals surface area contributed by atoms with Crippen LogP contribution in [-0.4, -0.2) is 4.40 Å². The molecule has 160 valence electrons. The van der Waals surface area contributed by atoms with Crippen LogP contribution in [0, 0.1) is 22.7 Å². The highest BCUT2D eigenvalue weighted by molar-refractivity contribution is 6.27. The summed E-state index contributed by atoms with van der Waals surface area (Å²) in [4.78, 5) is 0. The molecule has 0 saturated heterocycles. The number of fused-ring (bicyclic) bond motifs is 6. The van der Waals surface area contributed by atoms with Crippen LogP contribution in [0.25, 0.3) is 60.3 Å². The van der Waals surface area contributed by atoms with E-state index < -0.39 is 0 Å². The van der Waals surface area contributed by atoms with Crippen molar-refractivity contribution in [3.63, 3.8) is 0 Å². The molecule has 0 aliphatic heterocycles. The second-order valence-corrected chi connectivity index (χ2v) is 8.76. The molecule has 2 aromatic heterocycles. The van der Waals surface area contributed by atoms with Gasteiger partial charge in [-0.05, 0) is 23.3 Å². The molecule has 0 bridgehead atoms. The molecule has 3 nitrogen and oxygen atoms in total. The number of benzene rings is 5. The van der Waals surface area contributed by atoms with Crippen molar-refractivity contribution >= 4 is 38.1 Å². The number of nitrogens with zero attached hydrogens (tertiary/aromatic N) is 3. The van der Waals surface area contributed by atoms with Gasteiger partial charge in [0.25, 0.3) is 0 Å². The molecule has 0 aliphatic rings. The zero-order valence-electron chi connectivity index (χ0n) is 18.7. The lowest BCUT2D eigenvalue weighted by atomic mass is 9.95. The van der Waals surface area contributed by atoms with Crippen LogP contribution in [0.2, 0.25) is 0 Å².